The minimum atomic E-state index is 0.489. The van der Waals surface area contributed by atoms with Crippen molar-refractivity contribution in [3.8, 4) is 0 Å². The molecule has 15 heavy (non-hydrogen) atoms. The number of oxazole rings is 1. The van der Waals surface area contributed by atoms with Gasteiger partial charge in [0.2, 0.25) is 0 Å². The van der Waals surface area contributed by atoms with Gasteiger partial charge in [0.25, 0.3) is 0 Å². The number of hydrogen-bond acceptors (Lipinski definition) is 4. The molecular formula is C11H19N3O. The first-order valence-electron chi connectivity index (χ1n) is 5.70. The quantitative estimate of drug-likeness (QED) is 0.708. The predicted molar refractivity (Wildman–Crippen MR) is 59.0 cm³/mol. The van der Waals surface area contributed by atoms with Crippen LogP contribution >= 0.6 is 0 Å². The molecule has 0 radical (unpaired) electrons. The molecule has 1 aromatic rings. The highest BCUT2D eigenvalue weighted by Gasteiger charge is 2.21. The van der Waals surface area contributed by atoms with Crippen molar-refractivity contribution < 1.29 is 4.42 Å². The first-order valence-corrected chi connectivity index (χ1v) is 5.70. The van der Waals surface area contributed by atoms with Gasteiger partial charge < -0.3 is 15.1 Å². The topological polar surface area (TPSA) is 50.1 Å². The lowest BCUT2D eigenvalue weighted by Crippen LogP contribution is -2.08. The lowest BCUT2D eigenvalue weighted by molar-refractivity contribution is 0.422. The van der Waals surface area contributed by atoms with Crippen LogP contribution in [0.3, 0.4) is 0 Å². The van der Waals surface area contributed by atoms with Crippen LogP contribution in [0.15, 0.2) is 10.6 Å². The van der Waals surface area contributed by atoms with E-state index in [9.17, 15) is 0 Å². The van der Waals surface area contributed by atoms with E-state index < -0.39 is 0 Å². The van der Waals surface area contributed by atoms with Crippen LogP contribution in [0.4, 0.5) is 0 Å². The minimum absolute atomic E-state index is 0.489. The van der Waals surface area contributed by atoms with E-state index in [4.69, 9.17) is 4.42 Å². The summed E-state index contributed by atoms with van der Waals surface area (Å²) in [6.07, 6.45) is 5.11. The first kappa shape index (κ1) is 10.6. The first-order chi connectivity index (χ1) is 7.40. The van der Waals surface area contributed by atoms with Crippen molar-refractivity contribution in [2.24, 2.45) is 0 Å². The second-order valence-corrected chi connectivity index (χ2v) is 4.06. The van der Waals surface area contributed by atoms with Gasteiger partial charge in [-0.15, -0.1) is 0 Å². The van der Waals surface area contributed by atoms with Crippen molar-refractivity contribution in [2.45, 2.75) is 25.2 Å². The van der Waals surface area contributed by atoms with E-state index in [1.165, 1.54) is 0 Å². The molecule has 0 spiro atoms. The number of hydrogen-bond donors (Lipinski definition) is 2. The molecule has 0 amide bonds. The number of nitrogens with zero attached hydrogens (tertiary/aromatic N) is 1. The van der Waals surface area contributed by atoms with Gasteiger partial charge in [0.1, 0.15) is 5.76 Å². The van der Waals surface area contributed by atoms with Crippen LogP contribution in [0.1, 0.15) is 30.4 Å². The van der Waals surface area contributed by atoms with Crippen LogP contribution in [0.5, 0.6) is 0 Å². The molecule has 4 heteroatoms. The molecule has 1 aromatic heterocycles. The van der Waals surface area contributed by atoms with Crippen LogP contribution in [0.2, 0.25) is 0 Å². The molecule has 0 aliphatic carbocycles. The highest BCUT2D eigenvalue weighted by atomic mass is 16.4. The Balaban J connectivity index is 1.86. The summed E-state index contributed by atoms with van der Waals surface area (Å²) in [6, 6.07) is 0. The van der Waals surface area contributed by atoms with Crippen LogP contribution in [0, 0.1) is 0 Å². The van der Waals surface area contributed by atoms with Gasteiger partial charge in [-0.1, -0.05) is 0 Å². The Morgan fingerprint density at radius 3 is 3.33 bits per heavy atom. The second kappa shape index (κ2) is 5.28. The number of aromatic nitrogens is 1. The highest BCUT2D eigenvalue weighted by Crippen LogP contribution is 2.22. The van der Waals surface area contributed by atoms with E-state index in [2.05, 4.69) is 15.6 Å². The molecule has 1 fully saturated rings. The molecule has 1 unspecified atom stereocenters. The van der Waals surface area contributed by atoms with Crippen LogP contribution in [-0.4, -0.2) is 31.7 Å². The zero-order valence-corrected chi connectivity index (χ0v) is 9.25. The molecule has 0 aromatic carbocycles. The van der Waals surface area contributed by atoms with Crippen LogP contribution in [-0.2, 0) is 6.42 Å². The van der Waals surface area contributed by atoms with E-state index in [-0.39, 0.29) is 0 Å². The fourth-order valence-corrected chi connectivity index (χ4v) is 1.93. The summed E-state index contributed by atoms with van der Waals surface area (Å²) >= 11 is 0. The van der Waals surface area contributed by atoms with Crippen molar-refractivity contribution in [3.63, 3.8) is 0 Å². The lowest BCUT2D eigenvalue weighted by Gasteiger charge is -2.01. The monoisotopic (exact) mass is 209 g/mol. The van der Waals surface area contributed by atoms with Crippen molar-refractivity contribution in [1.82, 2.24) is 15.6 Å². The zero-order chi connectivity index (χ0) is 10.5. The Labute approximate surface area is 90.5 Å². The molecule has 1 aliphatic heterocycles. The van der Waals surface area contributed by atoms with Crippen molar-refractivity contribution in [3.05, 3.63) is 17.8 Å². The average Bonchev–Trinajstić information content (AvgIpc) is 2.87. The van der Waals surface area contributed by atoms with Gasteiger partial charge in [-0.3, -0.25) is 0 Å². The Morgan fingerprint density at radius 1 is 1.67 bits per heavy atom. The van der Waals surface area contributed by atoms with Gasteiger partial charge in [0, 0.05) is 18.9 Å². The maximum absolute atomic E-state index is 5.74. The third-order valence-corrected chi connectivity index (χ3v) is 2.83. The Kier molecular flexibility index (Phi) is 3.75. The molecule has 0 bridgehead atoms. The summed E-state index contributed by atoms with van der Waals surface area (Å²) in [7, 11) is 1.97. The molecule has 0 saturated carbocycles. The van der Waals surface area contributed by atoms with Gasteiger partial charge in [0.15, 0.2) is 5.89 Å². The van der Waals surface area contributed by atoms with Crippen molar-refractivity contribution in [2.75, 3.05) is 26.7 Å². The fourth-order valence-electron chi connectivity index (χ4n) is 1.93. The minimum Gasteiger partial charge on any atom is -0.445 e. The van der Waals surface area contributed by atoms with Crippen molar-refractivity contribution >= 4 is 0 Å². The third kappa shape index (κ3) is 2.79. The standard InChI is InChI=1S/C11H19N3O/c1-12-5-2-3-10-8-14-11(15-10)9-4-6-13-7-9/h8-9,12-13H,2-7H2,1H3. The SMILES string of the molecule is CNCCCc1cnc(C2CCNC2)o1. The van der Waals surface area contributed by atoms with Gasteiger partial charge in [-0.2, -0.15) is 0 Å². The summed E-state index contributed by atoms with van der Waals surface area (Å²) < 4.78 is 5.74. The number of nitrogens with one attached hydrogen (secondary N) is 2. The molecule has 2 rings (SSSR count). The third-order valence-electron chi connectivity index (χ3n) is 2.83. The molecule has 1 saturated heterocycles. The molecule has 2 heterocycles. The summed E-state index contributed by atoms with van der Waals surface area (Å²) in [5, 5.41) is 6.45. The number of aryl methyl sites for hydroxylation is 1. The maximum atomic E-state index is 5.74. The number of rotatable bonds is 5. The van der Waals surface area contributed by atoms with Gasteiger partial charge in [-0.25, -0.2) is 4.98 Å². The molecule has 4 nitrogen and oxygen atoms in total. The zero-order valence-electron chi connectivity index (χ0n) is 9.25. The van der Waals surface area contributed by atoms with Gasteiger partial charge in [-0.05, 0) is 33.0 Å². The molecular weight excluding hydrogens is 190 g/mol. The van der Waals surface area contributed by atoms with Gasteiger partial charge >= 0.3 is 0 Å². The average molecular weight is 209 g/mol. The largest absolute Gasteiger partial charge is 0.445 e. The Morgan fingerprint density at radius 2 is 2.60 bits per heavy atom. The van der Waals surface area contributed by atoms with Crippen molar-refractivity contribution in [1.29, 1.82) is 0 Å². The smallest absolute Gasteiger partial charge is 0.198 e. The lowest BCUT2D eigenvalue weighted by atomic mass is 10.1. The summed E-state index contributed by atoms with van der Waals surface area (Å²) in [5.41, 5.74) is 0. The van der Waals surface area contributed by atoms with Gasteiger partial charge in [0.05, 0.1) is 6.20 Å². The molecule has 1 atom stereocenters. The van der Waals surface area contributed by atoms with Crippen LogP contribution < -0.4 is 10.6 Å². The van der Waals surface area contributed by atoms with E-state index in [0.717, 1.165) is 50.5 Å². The van der Waals surface area contributed by atoms with E-state index >= 15 is 0 Å². The summed E-state index contributed by atoms with van der Waals surface area (Å²) in [6.45, 7) is 3.12. The van der Waals surface area contributed by atoms with E-state index in [1.54, 1.807) is 0 Å². The predicted octanol–water partition coefficient (Wildman–Crippen LogP) is 0.903. The Hall–Kier alpha value is -0.870. The summed E-state index contributed by atoms with van der Waals surface area (Å²) in [4.78, 5) is 4.35. The maximum Gasteiger partial charge on any atom is 0.198 e. The summed E-state index contributed by atoms with van der Waals surface area (Å²) in [5.74, 6) is 2.43. The van der Waals surface area contributed by atoms with Crippen LogP contribution in [0.25, 0.3) is 0 Å². The fraction of sp³-hybridized carbons (Fsp3) is 0.727. The second-order valence-electron chi connectivity index (χ2n) is 4.06. The van der Waals surface area contributed by atoms with E-state index in [1.807, 2.05) is 13.2 Å². The molecule has 2 N–H and O–H groups in total. The molecule has 84 valence electrons. The highest BCUT2D eigenvalue weighted by molar-refractivity contribution is 5.02. The molecule has 1 aliphatic rings. The Bertz CT molecular complexity index is 292. The normalized spacial score (nSPS) is 21.0. The van der Waals surface area contributed by atoms with E-state index in [0.29, 0.717) is 5.92 Å².